The monoisotopic (exact) mass is 284 g/mol. The number of nitrogens with one attached hydrogen (secondary N) is 2. The Hall–Kier alpha value is -1.11. The van der Waals surface area contributed by atoms with Crippen LogP contribution in [0.5, 0.6) is 5.75 Å². The summed E-state index contributed by atoms with van der Waals surface area (Å²) >= 11 is 0. The lowest BCUT2D eigenvalue weighted by molar-refractivity contribution is 0.402. The second-order valence-electron chi connectivity index (χ2n) is 4.64. The molecule has 5 nitrogen and oxygen atoms in total. The van der Waals surface area contributed by atoms with E-state index in [-0.39, 0.29) is 4.90 Å². The van der Waals surface area contributed by atoms with Crippen LogP contribution in [0.25, 0.3) is 0 Å². The summed E-state index contributed by atoms with van der Waals surface area (Å²) in [6.45, 7) is 2.79. The number of rotatable bonds is 7. The summed E-state index contributed by atoms with van der Waals surface area (Å²) in [4.78, 5) is 0.201. The summed E-state index contributed by atoms with van der Waals surface area (Å²) in [5.74, 6) is 0.371. The van der Waals surface area contributed by atoms with Crippen LogP contribution in [0.4, 0.5) is 0 Å². The Bertz CT molecular complexity index is 539. The lowest BCUT2D eigenvalue weighted by Crippen LogP contribution is -2.24. The number of ether oxygens (including phenoxy) is 1. The normalized spacial score (nSPS) is 15.5. The van der Waals surface area contributed by atoms with Gasteiger partial charge in [-0.1, -0.05) is 13.0 Å². The fraction of sp³-hybridized carbons (Fsp3) is 0.538. The topological polar surface area (TPSA) is 67.4 Å². The molecule has 1 aliphatic rings. The van der Waals surface area contributed by atoms with E-state index in [0.29, 0.717) is 24.9 Å². The van der Waals surface area contributed by atoms with E-state index in [2.05, 4.69) is 10.0 Å². The van der Waals surface area contributed by atoms with Crippen molar-refractivity contribution in [3.05, 3.63) is 23.8 Å². The largest absolute Gasteiger partial charge is 0.495 e. The molecule has 1 aromatic rings. The highest BCUT2D eigenvalue weighted by Crippen LogP contribution is 2.25. The van der Waals surface area contributed by atoms with Crippen molar-refractivity contribution in [2.24, 2.45) is 0 Å². The van der Waals surface area contributed by atoms with Crippen LogP contribution < -0.4 is 14.8 Å². The highest BCUT2D eigenvalue weighted by molar-refractivity contribution is 7.89. The van der Waals surface area contributed by atoms with Gasteiger partial charge in [0.2, 0.25) is 10.0 Å². The molecule has 1 fully saturated rings. The molecule has 0 aromatic heterocycles. The first-order valence-corrected chi connectivity index (χ1v) is 7.95. The van der Waals surface area contributed by atoms with Crippen molar-refractivity contribution < 1.29 is 13.2 Å². The Kier molecular flexibility index (Phi) is 4.44. The van der Waals surface area contributed by atoms with Crippen LogP contribution in [0, 0.1) is 0 Å². The summed E-state index contributed by atoms with van der Waals surface area (Å²) in [5, 5.41) is 3.36. The maximum atomic E-state index is 12.1. The van der Waals surface area contributed by atoms with Crippen molar-refractivity contribution in [1.29, 1.82) is 0 Å². The lowest BCUT2D eigenvalue weighted by atomic mass is 10.2. The first-order chi connectivity index (χ1) is 9.06. The van der Waals surface area contributed by atoms with Gasteiger partial charge in [0.15, 0.2) is 0 Å². The molecule has 0 spiro atoms. The van der Waals surface area contributed by atoms with Gasteiger partial charge in [-0.3, -0.25) is 0 Å². The van der Waals surface area contributed by atoms with E-state index in [0.717, 1.165) is 5.56 Å². The molecule has 2 rings (SSSR count). The molecular weight excluding hydrogens is 264 g/mol. The van der Waals surface area contributed by atoms with E-state index in [4.69, 9.17) is 4.74 Å². The van der Waals surface area contributed by atoms with Gasteiger partial charge in [-0.05, 0) is 30.5 Å². The predicted octanol–water partition coefficient (Wildman–Crippen LogP) is 1.25. The smallest absolute Gasteiger partial charge is 0.244 e. The van der Waals surface area contributed by atoms with Crippen molar-refractivity contribution in [3.8, 4) is 5.75 Å². The fourth-order valence-corrected chi connectivity index (χ4v) is 3.12. The molecule has 0 heterocycles. The van der Waals surface area contributed by atoms with Crippen LogP contribution in [-0.2, 0) is 16.6 Å². The van der Waals surface area contributed by atoms with Gasteiger partial charge in [-0.15, -0.1) is 0 Å². The van der Waals surface area contributed by atoms with Crippen molar-refractivity contribution in [1.82, 2.24) is 10.0 Å². The SMILES string of the molecule is CCNS(=O)(=O)c1cc(CNC2CC2)ccc1OC. The predicted molar refractivity (Wildman–Crippen MR) is 73.7 cm³/mol. The van der Waals surface area contributed by atoms with Crippen molar-refractivity contribution in [2.45, 2.75) is 37.2 Å². The number of benzene rings is 1. The number of hydrogen-bond acceptors (Lipinski definition) is 4. The van der Waals surface area contributed by atoms with Gasteiger partial charge in [0.05, 0.1) is 7.11 Å². The minimum absolute atomic E-state index is 0.201. The second kappa shape index (κ2) is 5.90. The summed E-state index contributed by atoms with van der Waals surface area (Å²) in [7, 11) is -2.03. The average Bonchev–Trinajstić information content (AvgIpc) is 3.20. The molecule has 0 unspecified atom stereocenters. The Morgan fingerprint density at radius 1 is 1.37 bits per heavy atom. The summed E-state index contributed by atoms with van der Waals surface area (Å²) in [6.07, 6.45) is 2.41. The van der Waals surface area contributed by atoms with Gasteiger partial charge >= 0.3 is 0 Å². The molecule has 106 valence electrons. The summed E-state index contributed by atoms with van der Waals surface area (Å²) < 4.78 is 31.8. The number of methoxy groups -OCH3 is 1. The first kappa shape index (κ1) is 14.3. The van der Waals surface area contributed by atoms with E-state index >= 15 is 0 Å². The van der Waals surface area contributed by atoms with Crippen LogP contribution in [0.1, 0.15) is 25.3 Å². The van der Waals surface area contributed by atoms with Gasteiger partial charge in [0.1, 0.15) is 10.6 Å². The average molecular weight is 284 g/mol. The molecule has 0 atom stereocenters. The first-order valence-electron chi connectivity index (χ1n) is 6.46. The zero-order valence-corrected chi connectivity index (χ0v) is 12.1. The molecule has 6 heteroatoms. The minimum Gasteiger partial charge on any atom is -0.495 e. The number of hydrogen-bond donors (Lipinski definition) is 2. The van der Waals surface area contributed by atoms with Crippen molar-refractivity contribution >= 4 is 10.0 Å². The highest BCUT2D eigenvalue weighted by atomic mass is 32.2. The van der Waals surface area contributed by atoms with Gasteiger partial charge < -0.3 is 10.1 Å². The van der Waals surface area contributed by atoms with Crippen LogP contribution in [0.2, 0.25) is 0 Å². The molecule has 19 heavy (non-hydrogen) atoms. The Labute approximate surface area is 114 Å². The number of sulfonamides is 1. The molecule has 0 radical (unpaired) electrons. The van der Waals surface area contributed by atoms with E-state index in [1.807, 2.05) is 6.07 Å². The second-order valence-corrected chi connectivity index (χ2v) is 6.38. The third kappa shape index (κ3) is 3.68. The molecule has 0 amide bonds. The van der Waals surface area contributed by atoms with E-state index in [1.165, 1.54) is 20.0 Å². The molecule has 1 saturated carbocycles. The van der Waals surface area contributed by atoms with Gasteiger partial charge in [-0.25, -0.2) is 13.1 Å². The molecular formula is C13H20N2O3S. The molecule has 0 aliphatic heterocycles. The molecule has 0 bridgehead atoms. The van der Waals surface area contributed by atoms with E-state index < -0.39 is 10.0 Å². The van der Waals surface area contributed by atoms with E-state index in [9.17, 15) is 8.42 Å². The third-order valence-electron chi connectivity index (χ3n) is 3.02. The summed E-state index contributed by atoms with van der Waals surface area (Å²) in [6, 6.07) is 5.86. The third-order valence-corrected chi connectivity index (χ3v) is 4.59. The standard InChI is InChI=1S/C13H20N2O3S/c1-3-15-19(16,17)13-8-10(4-7-12(13)18-2)9-14-11-5-6-11/h4,7-8,11,14-15H,3,5-6,9H2,1-2H3. The highest BCUT2D eigenvalue weighted by Gasteiger charge is 2.22. The van der Waals surface area contributed by atoms with Crippen LogP contribution in [-0.4, -0.2) is 28.1 Å². The van der Waals surface area contributed by atoms with Gasteiger partial charge in [0.25, 0.3) is 0 Å². The lowest BCUT2D eigenvalue weighted by Gasteiger charge is -2.12. The van der Waals surface area contributed by atoms with Crippen molar-refractivity contribution in [3.63, 3.8) is 0 Å². The van der Waals surface area contributed by atoms with Gasteiger partial charge in [-0.2, -0.15) is 0 Å². The molecule has 1 aliphatic carbocycles. The maximum Gasteiger partial charge on any atom is 0.244 e. The van der Waals surface area contributed by atoms with Crippen LogP contribution in [0.15, 0.2) is 23.1 Å². The quantitative estimate of drug-likeness (QED) is 0.790. The zero-order chi connectivity index (χ0) is 13.9. The minimum atomic E-state index is -3.50. The molecule has 2 N–H and O–H groups in total. The van der Waals surface area contributed by atoms with Crippen molar-refractivity contribution in [2.75, 3.05) is 13.7 Å². The molecule has 0 saturated heterocycles. The molecule has 1 aromatic carbocycles. The summed E-state index contributed by atoms with van der Waals surface area (Å²) in [5.41, 5.74) is 0.948. The Morgan fingerprint density at radius 2 is 2.11 bits per heavy atom. The maximum absolute atomic E-state index is 12.1. The fourth-order valence-electron chi connectivity index (χ4n) is 1.86. The zero-order valence-electron chi connectivity index (χ0n) is 11.3. The van der Waals surface area contributed by atoms with Gasteiger partial charge in [0, 0.05) is 19.1 Å². The Balaban J connectivity index is 2.24. The van der Waals surface area contributed by atoms with Crippen LogP contribution >= 0.6 is 0 Å². The van der Waals surface area contributed by atoms with E-state index in [1.54, 1.807) is 19.1 Å². The van der Waals surface area contributed by atoms with Crippen LogP contribution in [0.3, 0.4) is 0 Å². The Morgan fingerprint density at radius 3 is 2.68 bits per heavy atom.